The van der Waals surface area contributed by atoms with Gasteiger partial charge < -0.3 is 34.2 Å². The van der Waals surface area contributed by atoms with Crippen LogP contribution in [-0.2, 0) is 55.8 Å². The molecule has 0 aliphatic rings. The lowest BCUT2D eigenvalue weighted by Gasteiger charge is -2.21. The van der Waals surface area contributed by atoms with E-state index >= 15 is 0 Å². The number of allylic oxidation sites excluding steroid dienone is 30. The Morgan fingerprint density at radius 1 is 0.267 bits per heavy atom. The van der Waals surface area contributed by atoms with Crippen molar-refractivity contribution >= 4 is 33.6 Å². The maximum absolute atomic E-state index is 13.0. The maximum atomic E-state index is 13.0. The molecule has 0 heterocycles. The van der Waals surface area contributed by atoms with Crippen molar-refractivity contribution in [2.24, 2.45) is 0 Å². The zero-order valence-corrected chi connectivity index (χ0v) is 66.9. The Kier molecular flexibility index (Phi) is 74.3. The van der Waals surface area contributed by atoms with Crippen LogP contribution in [0.1, 0.15) is 290 Å². The lowest BCUT2D eigenvalue weighted by Crippen LogP contribution is -2.30. The highest BCUT2D eigenvalue weighted by atomic mass is 31.2. The molecule has 18 heteroatoms. The largest absolute Gasteiger partial charge is 0.472 e. The first-order valence-electron chi connectivity index (χ1n) is 40.1. The van der Waals surface area contributed by atoms with Crippen LogP contribution in [0.2, 0.25) is 0 Å². The van der Waals surface area contributed by atoms with Crippen LogP contribution in [0.5, 0.6) is 0 Å². The van der Waals surface area contributed by atoms with Crippen LogP contribution in [0, 0.1) is 0 Å². The molecule has 105 heavy (non-hydrogen) atoms. The topological polar surface area (TPSA) is 231 Å². The number of phosphoric acid groups is 2. The number of phosphoric ester groups is 2. The molecular weight excluding hydrogens is 1360 g/mol. The third-order valence-corrected chi connectivity index (χ3v) is 18.0. The Morgan fingerprint density at radius 3 is 0.752 bits per heavy atom. The molecule has 0 aliphatic carbocycles. The van der Waals surface area contributed by atoms with Gasteiger partial charge in [0.05, 0.1) is 26.4 Å². The van der Waals surface area contributed by atoms with E-state index in [1.54, 1.807) is 0 Å². The number of carbonyl (C=O) groups excluding carboxylic acids is 3. The van der Waals surface area contributed by atoms with E-state index < -0.39 is 91.5 Å². The maximum Gasteiger partial charge on any atom is 0.472 e. The van der Waals surface area contributed by atoms with Crippen molar-refractivity contribution in [2.75, 3.05) is 39.6 Å². The van der Waals surface area contributed by atoms with Crippen LogP contribution < -0.4 is 0 Å². The summed E-state index contributed by atoms with van der Waals surface area (Å²) in [5.41, 5.74) is 0. The van der Waals surface area contributed by atoms with Crippen LogP contribution >= 0.6 is 15.6 Å². The Balaban J connectivity index is 4.71. The van der Waals surface area contributed by atoms with Gasteiger partial charge in [-0.05, 0) is 154 Å². The van der Waals surface area contributed by atoms with Crippen molar-refractivity contribution in [3.05, 3.63) is 182 Å². The number of aliphatic hydroxyl groups is 2. The molecule has 0 saturated carbocycles. The van der Waals surface area contributed by atoms with Crippen molar-refractivity contribution in [3.8, 4) is 0 Å². The Labute approximate surface area is 636 Å². The molecule has 0 rings (SSSR count). The third-order valence-electron chi connectivity index (χ3n) is 16.1. The highest BCUT2D eigenvalue weighted by molar-refractivity contribution is 7.47. The second-order valence-electron chi connectivity index (χ2n) is 26.1. The Bertz CT molecular complexity index is 2640. The molecule has 0 fully saturated rings. The Hall–Kier alpha value is -5.35. The third kappa shape index (κ3) is 79.5. The molecule has 0 bridgehead atoms. The summed E-state index contributed by atoms with van der Waals surface area (Å²) in [6.07, 6.45) is 101. The van der Waals surface area contributed by atoms with Gasteiger partial charge in [0, 0.05) is 19.3 Å². The Morgan fingerprint density at radius 2 is 0.476 bits per heavy atom. The van der Waals surface area contributed by atoms with Crippen molar-refractivity contribution in [1.82, 2.24) is 0 Å². The zero-order chi connectivity index (χ0) is 76.6. The fourth-order valence-corrected chi connectivity index (χ4v) is 11.7. The molecule has 0 amide bonds. The first-order chi connectivity index (χ1) is 51.2. The number of unbranched alkanes of at least 4 members (excludes halogenated alkanes) is 21. The van der Waals surface area contributed by atoms with Gasteiger partial charge in [0.1, 0.15) is 25.4 Å². The number of ether oxygens (including phenoxy) is 3. The fourth-order valence-electron chi connectivity index (χ4n) is 10.1. The number of carbonyl (C=O) groups is 3. The molecule has 0 aromatic heterocycles. The molecule has 596 valence electrons. The summed E-state index contributed by atoms with van der Waals surface area (Å²) in [6.45, 7) is 2.29. The van der Waals surface area contributed by atoms with E-state index in [1.807, 2.05) is 0 Å². The number of aliphatic hydroxyl groups excluding tert-OH is 2. The van der Waals surface area contributed by atoms with E-state index in [9.17, 15) is 43.5 Å². The van der Waals surface area contributed by atoms with Crippen molar-refractivity contribution in [2.45, 2.75) is 309 Å². The van der Waals surface area contributed by atoms with Gasteiger partial charge in [0.2, 0.25) is 0 Å². The summed E-state index contributed by atoms with van der Waals surface area (Å²) < 4.78 is 61.2. The normalized spacial score (nSPS) is 14.9. The van der Waals surface area contributed by atoms with Gasteiger partial charge >= 0.3 is 33.6 Å². The van der Waals surface area contributed by atoms with Crippen LogP contribution in [-0.4, -0.2) is 95.9 Å². The molecule has 0 spiro atoms. The van der Waals surface area contributed by atoms with Gasteiger partial charge in [-0.2, -0.15) is 0 Å². The van der Waals surface area contributed by atoms with E-state index in [1.165, 1.54) is 25.7 Å². The number of hydrogen-bond donors (Lipinski definition) is 4. The summed E-state index contributed by atoms with van der Waals surface area (Å²) in [5.74, 6) is -1.62. The van der Waals surface area contributed by atoms with E-state index in [0.29, 0.717) is 19.3 Å². The van der Waals surface area contributed by atoms with Gasteiger partial charge in [0.25, 0.3) is 0 Å². The average Bonchev–Trinajstić information content (AvgIpc) is 0.923. The SMILES string of the molecule is CC/C=C\C/C=C\C/C=C\C/C=C\C/C=C\C/C=C\CCCCCCCCC(=O)OCC(O)COP(=O)(O)OCC(O)COP(=O)(O)OCC(COC(=O)CCCCCCCCCCC/C=C\C/C=C\C/C=C\C/C=C\C/C=C\CC)OC(=O)CCCCCCCC/C=C\C/C=C\C/C=C\C/C=C\CC. The monoisotopic (exact) mass is 1500 g/mol. The van der Waals surface area contributed by atoms with Crippen LogP contribution in [0.15, 0.2) is 182 Å². The second kappa shape index (κ2) is 78.2. The predicted octanol–water partition coefficient (Wildman–Crippen LogP) is 23.8. The van der Waals surface area contributed by atoms with Crippen LogP contribution in [0.4, 0.5) is 0 Å². The second-order valence-corrected chi connectivity index (χ2v) is 29.0. The number of rotatable bonds is 74. The van der Waals surface area contributed by atoms with E-state index in [4.69, 9.17) is 32.3 Å². The van der Waals surface area contributed by atoms with Gasteiger partial charge in [-0.25, -0.2) is 9.13 Å². The zero-order valence-electron chi connectivity index (χ0n) is 65.1. The van der Waals surface area contributed by atoms with Gasteiger partial charge in [-0.15, -0.1) is 0 Å². The molecule has 5 unspecified atom stereocenters. The first kappa shape index (κ1) is 99.7. The quantitative estimate of drug-likeness (QED) is 0.0146. The van der Waals surface area contributed by atoms with Crippen molar-refractivity contribution < 1.29 is 75.8 Å². The fraction of sp³-hybridized carbons (Fsp3) is 0.621. The molecule has 0 aromatic rings. The lowest BCUT2D eigenvalue weighted by molar-refractivity contribution is -0.161. The van der Waals surface area contributed by atoms with Crippen molar-refractivity contribution in [3.63, 3.8) is 0 Å². The highest BCUT2D eigenvalue weighted by Crippen LogP contribution is 2.45. The van der Waals surface area contributed by atoms with Gasteiger partial charge in [-0.1, -0.05) is 299 Å². The molecular formula is C87H142O16P2. The summed E-state index contributed by atoms with van der Waals surface area (Å²) in [7, 11) is -9.82. The van der Waals surface area contributed by atoms with E-state index in [2.05, 4.69) is 203 Å². The number of hydrogen-bond acceptors (Lipinski definition) is 14. The average molecular weight is 1510 g/mol. The smallest absolute Gasteiger partial charge is 0.463 e. The molecule has 0 aliphatic heterocycles. The minimum absolute atomic E-state index is 0.0800. The summed E-state index contributed by atoms with van der Waals surface area (Å²) >= 11 is 0. The van der Waals surface area contributed by atoms with Crippen molar-refractivity contribution in [1.29, 1.82) is 0 Å². The molecule has 4 N–H and O–H groups in total. The summed E-state index contributed by atoms with van der Waals surface area (Å²) in [5, 5.41) is 20.7. The standard InChI is InChI=1S/C87H142O16P2/c1-4-7-10-13-16-19-22-25-28-31-34-36-38-40-42-44-47-49-52-55-58-61-64-67-70-73-85(90)97-76-82(88)77-99-104(93,94)100-78-83(89)79-101-105(95,96)102-81-84(103-87(92)75-72-69-66-63-60-57-54-51-46-33-30-27-24-21-18-15-12-9-6-3)80-98-86(91)74-71-68-65-62-59-56-53-50-48-45-43-41-39-37-35-32-29-26-23-20-17-14-11-8-5-2/h7-12,16-21,25-30,34-37,40-43,46-47,49,51,82-84,88-89H,4-6,13-15,22-24,31-33,38-39,44-45,48,50,52-81H2,1-3H3,(H,93,94)(H,95,96)/b10-7-,11-8-,12-9-,19-16-,20-17-,21-18-,28-25-,29-26-,30-27-,36-34-,37-35-,42-40-,43-41-,49-47-,51-46-. The van der Waals surface area contributed by atoms with Crippen LogP contribution in [0.3, 0.4) is 0 Å². The molecule has 16 nitrogen and oxygen atoms in total. The summed E-state index contributed by atoms with van der Waals surface area (Å²) in [4.78, 5) is 58.8. The van der Waals surface area contributed by atoms with Gasteiger partial charge in [-0.3, -0.25) is 32.5 Å². The van der Waals surface area contributed by atoms with Gasteiger partial charge in [0.15, 0.2) is 6.10 Å². The van der Waals surface area contributed by atoms with Crippen LogP contribution in [0.25, 0.3) is 0 Å². The van der Waals surface area contributed by atoms with E-state index in [0.717, 1.165) is 205 Å². The van der Waals surface area contributed by atoms with E-state index in [-0.39, 0.29) is 19.3 Å². The molecule has 0 saturated heterocycles. The molecule has 0 radical (unpaired) electrons. The first-order valence-corrected chi connectivity index (χ1v) is 43.1. The number of esters is 3. The highest BCUT2D eigenvalue weighted by Gasteiger charge is 2.29. The molecule has 0 aromatic carbocycles. The predicted molar refractivity (Wildman–Crippen MR) is 435 cm³/mol. The minimum atomic E-state index is -4.95. The molecule has 5 atom stereocenters. The minimum Gasteiger partial charge on any atom is -0.463 e. The lowest BCUT2D eigenvalue weighted by atomic mass is 10.1. The summed E-state index contributed by atoms with van der Waals surface area (Å²) in [6, 6.07) is 0.